The lowest BCUT2D eigenvalue weighted by Gasteiger charge is -2.53. The van der Waals surface area contributed by atoms with Crippen molar-refractivity contribution in [2.45, 2.75) is 96.9 Å². The molecule has 2 aromatic carbocycles. The van der Waals surface area contributed by atoms with E-state index in [-0.39, 0.29) is 35.5 Å². The number of hydrogen-bond acceptors (Lipinski definition) is 10. The number of hydrogen-bond donors (Lipinski definition) is 0. The highest BCUT2D eigenvalue weighted by molar-refractivity contribution is 6.35. The highest BCUT2D eigenvalue weighted by Crippen LogP contribution is 2.49. The van der Waals surface area contributed by atoms with Crippen LogP contribution < -0.4 is 14.4 Å². The summed E-state index contributed by atoms with van der Waals surface area (Å²) in [7, 11) is 2.08. The van der Waals surface area contributed by atoms with Gasteiger partial charge < -0.3 is 33.6 Å². The fourth-order valence-corrected chi connectivity index (χ4v) is 9.08. The number of amides is 1. The van der Waals surface area contributed by atoms with Gasteiger partial charge in [-0.15, -0.1) is 0 Å². The van der Waals surface area contributed by atoms with Crippen molar-refractivity contribution in [2.24, 2.45) is 5.41 Å². The van der Waals surface area contributed by atoms with Gasteiger partial charge in [-0.1, -0.05) is 17.7 Å². The van der Waals surface area contributed by atoms with Crippen LogP contribution in [0.3, 0.4) is 0 Å². The summed E-state index contributed by atoms with van der Waals surface area (Å²) >= 11 is 7.29. The van der Waals surface area contributed by atoms with Crippen LogP contribution in [-0.4, -0.2) is 113 Å². The van der Waals surface area contributed by atoms with E-state index in [0.29, 0.717) is 66.7 Å². The Bertz CT molecular complexity index is 2090. The van der Waals surface area contributed by atoms with Crippen LogP contribution in [0.25, 0.3) is 32.9 Å². The Balaban J connectivity index is 1.20. The zero-order valence-corrected chi connectivity index (χ0v) is 33.7. The molecule has 1 spiro atoms. The van der Waals surface area contributed by atoms with E-state index in [1.807, 2.05) is 50.6 Å². The van der Waals surface area contributed by atoms with E-state index in [1.54, 1.807) is 11.1 Å². The summed E-state index contributed by atoms with van der Waals surface area (Å²) in [6.45, 7) is 11.4. The molecule has 0 radical (unpaired) electrons. The summed E-state index contributed by atoms with van der Waals surface area (Å²) in [6.07, 6.45) is 5.20. The molecule has 8 rings (SSSR count). The number of ether oxygens (including phenoxy) is 4. The van der Waals surface area contributed by atoms with Gasteiger partial charge in [-0.25, -0.2) is 18.3 Å². The molecule has 6 heterocycles. The van der Waals surface area contributed by atoms with Gasteiger partial charge in [-0.2, -0.15) is 15.1 Å². The smallest absolute Gasteiger partial charge is 0.410 e. The summed E-state index contributed by atoms with van der Waals surface area (Å²) in [5, 5.41) is 6.47. The second-order valence-corrected chi connectivity index (χ2v) is 17.4. The third-order valence-electron chi connectivity index (χ3n) is 11.8. The van der Waals surface area contributed by atoms with E-state index >= 15 is 0 Å². The minimum Gasteiger partial charge on any atom is -0.485 e. The van der Waals surface area contributed by atoms with Crippen LogP contribution in [0.1, 0.15) is 77.5 Å². The molecule has 2 aromatic heterocycles. The number of aromatic nitrogens is 4. The van der Waals surface area contributed by atoms with Gasteiger partial charge >= 0.3 is 12.1 Å². The Morgan fingerprint density at radius 2 is 1.82 bits per heavy atom. The van der Waals surface area contributed by atoms with Crippen molar-refractivity contribution in [3.8, 4) is 22.9 Å². The van der Waals surface area contributed by atoms with Gasteiger partial charge in [-0.3, -0.25) is 0 Å². The second-order valence-electron chi connectivity index (χ2n) is 17.0. The lowest BCUT2D eigenvalue weighted by molar-refractivity contribution is -0.0434. The topological polar surface area (TPSA) is 107 Å². The molecular formula is C41H52ClF2N7O5. The van der Waals surface area contributed by atoms with Crippen LogP contribution in [0.2, 0.25) is 5.02 Å². The standard InChI is InChI=1S/C41H52ClF2N7O5/c1-25-11-12-30-28(20-45-51(30)32-10-6-7-18-53-32)33(25)34-29(42)19-27-35(36(34)54-22-31(43)44)46-38(55-21-26-9-8-15-48(26)5)47-37(27)49-16-13-41(14-17-49)23-50(24-41)39(52)56-40(2,3)4/h11-12,19-20,26,31-32H,6-10,13-18,21-24H2,1-5H3/t26-,32?/m0/s1. The van der Waals surface area contributed by atoms with Gasteiger partial charge in [0.25, 0.3) is 6.43 Å². The minimum atomic E-state index is -2.74. The molecule has 12 nitrogen and oxygen atoms in total. The van der Waals surface area contributed by atoms with Crippen molar-refractivity contribution in [3.63, 3.8) is 0 Å². The number of likely N-dealkylation sites (tertiary alicyclic amines) is 2. The van der Waals surface area contributed by atoms with E-state index in [0.717, 1.165) is 73.5 Å². The molecule has 4 aromatic rings. The van der Waals surface area contributed by atoms with Gasteiger partial charge in [-0.05, 0) is 104 Å². The zero-order chi connectivity index (χ0) is 39.4. The quantitative estimate of drug-likeness (QED) is 0.164. The number of rotatable bonds is 9. The summed E-state index contributed by atoms with van der Waals surface area (Å²) in [4.78, 5) is 28.9. The number of alkyl halides is 2. The van der Waals surface area contributed by atoms with Crippen molar-refractivity contribution < 1.29 is 32.5 Å². The number of nitrogens with zero attached hydrogens (tertiary/aromatic N) is 7. The number of carbonyl (C=O) groups is 1. The largest absolute Gasteiger partial charge is 0.485 e. The first-order valence-corrected chi connectivity index (χ1v) is 20.3. The van der Waals surface area contributed by atoms with Crippen LogP contribution >= 0.6 is 11.6 Å². The molecule has 0 saturated carbocycles. The third kappa shape index (κ3) is 7.68. The molecule has 0 aliphatic carbocycles. The molecule has 4 fully saturated rings. The van der Waals surface area contributed by atoms with Crippen LogP contribution in [0.5, 0.6) is 11.8 Å². The van der Waals surface area contributed by atoms with Crippen molar-refractivity contribution in [1.29, 1.82) is 0 Å². The molecule has 4 aliphatic rings. The van der Waals surface area contributed by atoms with Gasteiger partial charge in [0.05, 0.1) is 16.7 Å². The molecule has 0 bridgehead atoms. The Kier molecular flexibility index (Phi) is 10.7. The first-order valence-electron chi connectivity index (χ1n) is 19.9. The fourth-order valence-electron chi connectivity index (χ4n) is 8.79. The predicted octanol–water partition coefficient (Wildman–Crippen LogP) is 8.26. The van der Waals surface area contributed by atoms with Crippen molar-refractivity contribution >= 4 is 45.3 Å². The van der Waals surface area contributed by atoms with Crippen LogP contribution in [-0.2, 0) is 9.47 Å². The summed E-state index contributed by atoms with van der Waals surface area (Å²) in [5.74, 6) is 0.757. The molecule has 1 unspecified atom stereocenters. The molecule has 0 N–H and O–H groups in total. The van der Waals surface area contributed by atoms with Gasteiger partial charge in [0.1, 0.15) is 30.1 Å². The average molecular weight is 796 g/mol. The van der Waals surface area contributed by atoms with Crippen LogP contribution in [0.15, 0.2) is 24.4 Å². The number of carbonyl (C=O) groups excluding carboxylic acids is 1. The molecule has 1 amide bonds. The van der Waals surface area contributed by atoms with E-state index < -0.39 is 18.6 Å². The normalized spacial score (nSPS) is 21.7. The highest BCUT2D eigenvalue weighted by Gasteiger charge is 2.48. The number of anilines is 1. The maximum Gasteiger partial charge on any atom is 0.410 e. The van der Waals surface area contributed by atoms with Crippen molar-refractivity contribution in [2.75, 3.05) is 64.5 Å². The average Bonchev–Trinajstić information content (AvgIpc) is 3.77. The number of fused-ring (bicyclic) bond motifs is 2. The van der Waals surface area contributed by atoms with Crippen molar-refractivity contribution in [3.05, 3.63) is 35.0 Å². The molecule has 4 saturated heterocycles. The summed E-state index contributed by atoms with van der Waals surface area (Å²) < 4.78 is 54.2. The second kappa shape index (κ2) is 15.4. The van der Waals surface area contributed by atoms with E-state index in [9.17, 15) is 13.6 Å². The number of aryl methyl sites for hydroxylation is 1. The van der Waals surface area contributed by atoms with Gasteiger partial charge in [0.2, 0.25) is 0 Å². The zero-order valence-electron chi connectivity index (χ0n) is 33.0. The summed E-state index contributed by atoms with van der Waals surface area (Å²) in [6, 6.07) is 6.19. The fraction of sp³-hybridized carbons (Fsp3) is 0.610. The van der Waals surface area contributed by atoms with Gasteiger partial charge in [0, 0.05) is 66.1 Å². The SMILES string of the molecule is Cc1ccc2c(cnn2C2CCCCO2)c1-c1c(Cl)cc2c(N3CCC4(CC3)CN(C(=O)OC(C)(C)C)C4)nc(OC[C@@H]3CCCN3C)nc2c1OCC(F)F. The predicted molar refractivity (Wildman–Crippen MR) is 211 cm³/mol. The van der Waals surface area contributed by atoms with Crippen LogP contribution in [0.4, 0.5) is 19.4 Å². The first kappa shape index (κ1) is 38.8. The highest BCUT2D eigenvalue weighted by atomic mass is 35.5. The van der Waals surface area contributed by atoms with Gasteiger partial charge in [0.15, 0.2) is 12.0 Å². The lowest BCUT2D eigenvalue weighted by Crippen LogP contribution is -2.62. The monoisotopic (exact) mass is 795 g/mol. The van der Waals surface area contributed by atoms with E-state index in [1.165, 1.54) is 0 Å². The molecule has 15 heteroatoms. The van der Waals surface area contributed by atoms with Crippen molar-refractivity contribution in [1.82, 2.24) is 29.5 Å². The van der Waals surface area contributed by atoms with Crippen LogP contribution in [0, 0.1) is 12.3 Å². The third-order valence-corrected chi connectivity index (χ3v) is 12.1. The maximum absolute atomic E-state index is 14.1. The first-order chi connectivity index (χ1) is 26.8. The van der Waals surface area contributed by atoms with E-state index in [4.69, 9.17) is 45.6 Å². The number of halogens is 3. The minimum absolute atomic E-state index is 0.0116. The Morgan fingerprint density at radius 3 is 2.50 bits per heavy atom. The Morgan fingerprint density at radius 1 is 1.04 bits per heavy atom. The number of likely N-dealkylation sites (N-methyl/N-ethyl adjacent to an activating group) is 1. The number of benzene rings is 2. The molecule has 2 atom stereocenters. The van der Waals surface area contributed by atoms with E-state index in [2.05, 4.69) is 16.8 Å². The molecular weight excluding hydrogens is 744 g/mol. The lowest BCUT2D eigenvalue weighted by atomic mass is 9.72. The summed E-state index contributed by atoms with van der Waals surface area (Å²) in [5.41, 5.74) is 2.71. The number of piperidine rings is 1. The maximum atomic E-state index is 14.1. The molecule has 56 heavy (non-hydrogen) atoms. The molecule has 302 valence electrons. The Labute approximate surface area is 331 Å². The Hall–Kier alpha value is -4.01. The molecule has 4 aliphatic heterocycles.